The van der Waals surface area contributed by atoms with Crippen LogP contribution >= 0.6 is 11.3 Å². The molecule has 3 rings (SSSR count). The van der Waals surface area contributed by atoms with Crippen LogP contribution in [0.25, 0.3) is 16.9 Å². The first kappa shape index (κ1) is 16.3. The van der Waals surface area contributed by atoms with Crippen molar-refractivity contribution in [1.82, 2.24) is 9.55 Å². The molecular weight excluding hydrogens is 339 g/mol. The number of nitrogens with zero attached hydrogens (tertiary/aromatic N) is 2. The van der Waals surface area contributed by atoms with E-state index in [1.54, 1.807) is 18.4 Å². The Bertz CT molecular complexity index is 960. The first-order valence-corrected chi connectivity index (χ1v) is 7.77. The highest BCUT2D eigenvalue weighted by atomic mass is 32.1. The first-order valence-electron chi connectivity index (χ1n) is 6.89. The lowest BCUT2D eigenvalue weighted by atomic mass is 10.1. The molecule has 4 nitrogen and oxygen atoms in total. The van der Waals surface area contributed by atoms with Gasteiger partial charge in [-0.3, -0.25) is 9.36 Å². The normalized spacial score (nSPS) is 11.7. The number of pyridine rings is 1. The minimum absolute atomic E-state index is 0.150. The summed E-state index contributed by atoms with van der Waals surface area (Å²) >= 11 is 1.25. The molecule has 124 valence electrons. The molecule has 24 heavy (non-hydrogen) atoms. The second-order valence-electron chi connectivity index (χ2n) is 5.13. The molecule has 3 aromatic rings. The molecule has 0 radical (unpaired) electrons. The van der Waals surface area contributed by atoms with Gasteiger partial charge in [0.1, 0.15) is 0 Å². The fourth-order valence-corrected chi connectivity index (χ4v) is 3.02. The second-order valence-corrected chi connectivity index (χ2v) is 6.01. The maximum Gasteiger partial charge on any atom is 0.416 e. The number of anilines is 1. The molecule has 2 heterocycles. The quantitative estimate of drug-likeness (QED) is 0.762. The molecule has 0 bridgehead atoms. The van der Waals surface area contributed by atoms with Gasteiger partial charge in [0, 0.05) is 28.4 Å². The number of alkyl halides is 3. The smallest absolute Gasteiger partial charge is 0.375 e. The Balaban J connectivity index is 2.20. The van der Waals surface area contributed by atoms with Crippen molar-refractivity contribution >= 4 is 16.5 Å². The van der Waals surface area contributed by atoms with E-state index in [0.717, 1.165) is 12.1 Å². The standard InChI is InChI=1S/C16H12F3N3OS/c1-9-12(13-8-24-15(20)21-13)5-6-14(23)22(9)11-4-2-3-10(7-11)16(17,18)19/h2-8H,1H3,(H2,20,21). The summed E-state index contributed by atoms with van der Waals surface area (Å²) in [4.78, 5) is 16.4. The molecule has 0 unspecified atom stereocenters. The van der Waals surface area contributed by atoms with Crippen LogP contribution in [0.4, 0.5) is 18.3 Å². The fourth-order valence-electron chi connectivity index (χ4n) is 2.46. The Labute approximate surface area is 139 Å². The summed E-state index contributed by atoms with van der Waals surface area (Å²) in [7, 11) is 0. The van der Waals surface area contributed by atoms with Crippen molar-refractivity contribution in [1.29, 1.82) is 0 Å². The zero-order chi connectivity index (χ0) is 17.5. The van der Waals surface area contributed by atoms with Crippen LogP contribution in [-0.4, -0.2) is 9.55 Å². The van der Waals surface area contributed by atoms with E-state index in [4.69, 9.17) is 5.73 Å². The highest BCUT2D eigenvalue weighted by molar-refractivity contribution is 7.13. The highest BCUT2D eigenvalue weighted by Gasteiger charge is 2.30. The number of halogens is 3. The third-order valence-electron chi connectivity index (χ3n) is 3.57. The average molecular weight is 351 g/mol. The molecule has 0 fully saturated rings. The topological polar surface area (TPSA) is 60.9 Å². The van der Waals surface area contributed by atoms with Gasteiger partial charge in [0.25, 0.3) is 5.56 Å². The van der Waals surface area contributed by atoms with E-state index in [-0.39, 0.29) is 5.69 Å². The van der Waals surface area contributed by atoms with Crippen LogP contribution in [-0.2, 0) is 6.18 Å². The number of hydrogen-bond acceptors (Lipinski definition) is 4. The van der Waals surface area contributed by atoms with E-state index in [2.05, 4.69) is 4.98 Å². The summed E-state index contributed by atoms with van der Waals surface area (Å²) in [5.41, 5.74) is 6.26. The van der Waals surface area contributed by atoms with E-state index >= 15 is 0 Å². The third-order valence-corrected chi connectivity index (χ3v) is 4.24. The van der Waals surface area contributed by atoms with E-state index in [0.29, 0.717) is 22.1 Å². The molecule has 0 atom stereocenters. The van der Waals surface area contributed by atoms with Crippen molar-refractivity contribution in [2.24, 2.45) is 0 Å². The largest absolute Gasteiger partial charge is 0.416 e. The van der Waals surface area contributed by atoms with E-state index < -0.39 is 17.3 Å². The Hall–Kier alpha value is -2.61. The molecule has 0 aliphatic heterocycles. The molecule has 0 amide bonds. The van der Waals surface area contributed by atoms with Crippen molar-refractivity contribution in [3.05, 3.63) is 63.4 Å². The maximum atomic E-state index is 12.9. The summed E-state index contributed by atoms with van der Waals surface area (Å²) in [5, 5.41) is 2.11. The minimum atomic E-state index is -4.48. The van der Waals surface area contributed by atoms with Gasteiger partial charge < -0.3 is 5.73 Å². The summed E-state index contributed by atoms with van der Waals surface area (Å²) < 4.78 is 40.0. The van der Waals surface area contributed by atoms with E-state index in [1.807, 2.05) is 0 Å². The molecular formula is C16H12F3N3OS. The Kier molecular flexibility index (Phi) is 3.92. The molecule has 0 spiro atoms. The molecule has 0 aliphatic carbocycles. The lowest BCUT2D eigenvalue weighted by Crippen LogP contribution is -2.20. The van der Waals surface area contributed by atoms with Crippen LogP contribution < -0.4 is 11.3 Å². The third kappa shape index (κ3) is 2.92. The Morgan fingerprint density at radius 1 is 1.21 bits per heavy atom. The van der Waals surface area contributed by atoms with Crippen molar-refractivity contribution in [3.8, 4) is 16.9 Å². The van der Waals surface area contributed by atoms with Gasteiger partial charge in [-0.15, -0.1) is 11.3 Å². The number of benzene rings is 1. The molecule has 8 heteroatoms. The lowest BCUT2D eigenvalue weighted by Gasteiger charge is -2.15. The molecule has 0 saturated heterocycles. The molecule has 2 N–H and O–H groups in total. The van der Waals surface area contributed by atoms with Crippen molar-refractivity contribution in [2.75, 3.05) is 5.73 Å². The van der Waals surface area contributed by atoms with E-state index in [1.165, 1.54) is 34.1 Å². The Morgan fingerprint density at radius 3 is 2.58 bits per heavy atom. The maximum absolute atomic E-state index is 12.9. The van der Waals surface area contributed by atoms with Crippen molar-refractivity contribution < 1.29 is 13.2 Å². The van der Waals surface area contributed by atoms with Gasteiger partial charge in [-0.25, -0.2) is 4.98 Å². The van der Waals surface area contributed by atoms with Crippen LogP contribution in [0.15, 0.2) is 46.6 Å². The van der Waals surface area contributed by atoms with E-state index in [9.17, 15) is 18.0 Å². The number of aromatic nitrogens is 2. The van der Waals surface area contributed by atoms with Gasteiger partial charge in [0.05, 0.1) is 11.3 Å². The summed E-state index contributed by atoms with van der Waals surface area (Å²) in [6, 6.07) is 7.55. The molecule has 1 aromatic carbocycles. The number of rotatable bonds is 2. The SMILES string of the molecule is Cc1c(-c2csc(N)n2)ccc(=O)n1-c1cccc(C(F)(F)F)c1. The zero-order valence-electron chi connectivity index (χ0n) is 12.5. The number of nitrogen functional groups attached to an aromatic ring is 1. The number of nitrogens with two attached hydrogens (primary N) is 1. The average Bonchev–Trinajstić information content (AvgIpc) is 2.93. The number of thiazole rings is 1. The van der Waals surface area contributed by atoms with Crippen LogP contribution in [0.3, 0.4) is 0 Å². The van der Waals surface area contributed by atoms with Gasteiger partial charge in [-0.1, -0.05) is 6.07 Å². The van der Waals surface area contributed by atoms with Crippen LogP contribution in [0, 0.1) is 6.92 Å². The van der Waals surface area contributed by atoms with Gasteiger partial charge in [0.2, 0.25) is 0 Å². The van der Waals surface area contributed by atoms with Crippen LogP contribution in [0.1, 0.15) is 11.3 Å². The summed E-state index contributed by atoms with van der Waals surface area (Å²) in [5.74, 6) is 0. The molecule has 2 aromatic heterocycles. The first-order chi connectivity index (χ1) is 11.3. The fraction of sp³-hybridized carbons (Fsp3) is 0.125. The molecule has 0 saturated carbocycles. The monoisotopic (exact) mass is 351 g/mol. The van der Waals surface area contributed by atoms with Crippen molar-refractivity contribution in [2.45, 2.75) is 13.1 Å². The van der Waals surface area contributed by atoms with Gasteiger partial charge in [-0.2, -0.15) is 13.2 Å². The second kappa shape index (κ2) is 5.79. The highest BCUT2D eigenvalue weighted by Crippen LogP contribution is 2.31. The Morgan fingerprint density at radius 2 is 1.96 bits per heavy atom. The van der Waals surface area contributed by atoms with Crippen LogP contribution in [0.5, 0.6) is 0 Å². The summed E-state index contributed by atoms with van der Waals surface area (Å²) in [6.07, 6.45) is -4.48. The van der Waals surface area contributed by atoms with Gasteiger partial charge in [0.15, 0.2) is 5.13 Å². The zero-order valence-corrected chi connectivity index (χ0v) is 13.3. The van der Waals surface area contributed by atoms with Gasteiger partial charge >= 0.3 is 6.18 Å². The summed E-state index contributed by atoms with van der Waals surface area (Å²) in [6.45, 7) is 1.66. The lowest BCUT2D eigenvalue weighted by molar-refractivity contribution is -0.137. The number of hydrogen-bond donors (Lipinski definition) is 1. The predicted octanol–water partition coefficient (Wildman–Crippen LogP) is 3.87. The van der Waals surface area contributed by atoms with Gasteiger partial charge in [-0.05, 0) is 31.2 Å². The van der Waals surface area contributed by atoms with Crippen molar-refractivity contribution in [3.63, 3.8) is 0 Å². The minimum Gasteiger partial charge on any atom is -0.375 e. The predicted molar refractivity (Wildman–Crippen MR) is 87.3 cm³/mol. The van der Waals surface area contributed by atoms with Crippen LogP contribution in [0.2, 0.25) is 0 Å². The molecule has 0 aliphatic rings.